The van der Waals surface area contributed by atoms with Crippen molar-refractivity contribution in [2.24, 2.45) is 0 Å². The fourth-order valence-electron chi connectivity index (χ4n) is 1.61. The van der Waals surface area contributed by atoms with E-state index in [0.717, 1.165) is 13.0 Å². The third-order valence-corrected chi connectivity index (χ3v) is 2.50. The van der Waals surface area contributed by atoms with E-state index in [9.17, 15) is 4.39 Å². The molecule has 1 rings (SSSR count). The molecule has 1 N–H and O–H groups in total. The molecule has 1 aliphatic rings. The van der Waals surface area contributed by atoms with Crippen molar-refractivity contribution in [2.75, 3.05) is 19.6 Å². The Balaban J connectivity index is 1.93. The second-order valence-electron chi connectivity index (χ2n) is 3.73. The summed E-state index contributed by atoms with van der Waals surface area (Å²) in [6, 6.07) is 0.00151. The van der Waals surface area contributed by atoms with E-state index in [1.807, 2.05) is 0 Å². The van der Waals surface area contributed by atoms with Crippen LogP contribution < -0.4 is 10.6 Å². The van der Waals surface area contributed by atoms with Gasteiger partial charge in [0.05, 0.1) is 6.04 Å². The monoisotopic (exact) mass is 187 g/mol. The largest absolute Gasteiger partial charge is 0.310 e. The zero-order valence-electron chi connectivity index (χ0n) is 8.43. The molecule has 13 heavy (non-hydrogen) atoms. The topological polar surface area (TPSA) is 26.1 Å². The minimum Gasteiger partial charge on any atom is -0.310 e. The third-order valence-electron chi connectivity index (χ3n) is 2.50. The maximum absolute atomic E-state index is 13.0. The highest BCUT2D eigenvalue weighted by atomic mass is 19.1. The number of unbranched alkanes of at least 4 members (excludes halogenated alkanes) is 3. The van der Waals surface area contributed by atoms with Gasteiger partial charge in [-0.15, -0.1) is 0 Å². The zero-order valence-corrected chi connectivity index (χ0v) is 8.43. The predicted molar refractivity (Wildman–Crippen MR) is 52.7 cm³/mol. The maximum Gasteiger partial charge on any atom is 0.131 e. The second kappa shape index (κ2) is 6.33. The Bertz CT molecular complexity index is 130. The molecule has 0 aromatic carbocycles. The summed E-state index contributed by atoms with van der Waals surface area (Å²) in [5.74, 6) is 0. The van der Waals surface area contributed by atoms with Crippen molar-refractivity contribution in [2.45, 2.75) is 44.8 Å². The quantitative estimate of drug-likeness (QED) is 0.626. The minimum absolute atomic E-state index is 0.00151. The average Bonchev–Trinajstić information content (AvgIpc) is 2.52. The molecule has 2 nitrogen and oxygen atoms in total. The van der Waals surface area contributed by atoms with Crippen molar-refractivity contribution in [1.29, 1.82) is 0 Å². The van der Waals surface area contributed by atoms with Crippen molar-refractivity contribution >= 4 is 0 Å². The van der Waals surface area contributed by atoms with Crippen LogP contribution in [0.5, 0.6) is 0 Å². The molecule has 0 aromatic rings. The molecular formula is C10H20FN2. The highest BCUT2D eigenvalue weighted by Gasteiger charge is 2.26. The molecule has 1 heterocycles. The molecule has 0 bridgehead atoms. The van der Waals surface area contributed by atoms with Gasteiger partial charge in [0.2, 0.25) is 0 Å². The van der Waals surface area contributed by atoms with E-state index in [4.69, 9.17) is 0 Å². The van der Waals surface area contributed by atoms with Gasteiger partial charge in [-0.05, 0) is 13.0 Å². The smallest absolute Gasteiger partial charge is 0.131 e. The van der Waals surface area contributed by atoms with Gasteiger partial charge >= 0.3 is 0 Å². The van der Waals surface area contributed by atoms with Gasteiger partial charge in [-0.1, -0.05) is 26.2 Å². The van der Waals surface area contributed by atoms with Gasteiger partial charge in [-0.2, -0.15) is 0 Å². The van der Waals surface area contributed by atoms with Gasteiger partial charge in [-0.25, -0.2) is 9.71 Å². The number of rotatable bonds is 6. The third kappa shape index (κ3) is 4.05. The highest BCUT2D eigenvalue weighted by Crippen LogP contribution is 2.06. The van der Waals surface area contributed by atoms with Crippen LogP contribution in [0, 0.1) is 0 Å². The van der Waals surface area contributed by atoms with E-state index in [2.05, 4.69) is 17.6 Å². The van der Waals surface area contributed by atoms with E-state index in [-0.39, 0.29) is 6.04 Å². The van der Waals surface area contributed by atoms with E-state index < -0.39 is 6.17 Å². The Hall–Kier alpha value is -0.150. The Morgan fingerprint density at radius 1 is 1.31 bits per heavy atom. The lowest BCUT2D eigenvalue weighted by molar-refractivity contribution is 0.298. The number of nitrogens with one attached hydrogen (secondary N) is 1. The van der Waals surface area contributed by atoms with Crippen molar-refractivity contribution in [1.82, 2.24) is 10.6 Å². The molecule has 0 spiro atoms. The Labute approximate surface area is 80.3 Å². The number of hydrogen-bond acceptors (Lipinski definition) is 1. The first kappa shape index (κ1) is 10.9. The molecule has 1 aliphatic heterocycles. The summed E-state index contributed by atoms with van der Waals surface area (Å²) in [4.78, 5) is 0. The Morgan fingerprint density at radius 3 is 2.77 bits per heavy atom. The van der Waals surface area contributed by atoms with Crippen LogP contribution in [0.15, 0.2) is 0 Å². The Morgan fingerprint density at radius 2 is 2.15 bits per heavy atom. The van der Waals surface area contributed by atoms with Gasteiger partial charge in [-0.3, -0.25) is 0 Å². The summed E-state index contributed by atoms with van der Waals surface area (Å²) in [7, 11) is 0. The number of halogens is 1. The van der Waals surface area contributed by atoms with Crippen LogP contribution in [0.4, 0.5) is 4.39 Å². The van der Waals surface area contributed by atoms with Crippen molar-refractivity contribution in [3.63, 3.8) is 0 Å². The van der Waals surface area contributed by atoms with Crippen LogP contribution in [0.25, 0.3) is 0 Å². The molecule has 1 fully saturated rings. The molecule has 0 aromatic heterocycles. The molecule has 1 radical (unpaired) electrons. The average molecular weight is 187 g/mol. The molecule has 0 amide bonds. The molecule has 1 saturated heterocycles. The molecular weight excluding hydrogens is 167 g/mol. The SMILES string of the molecule is CCCCCCNC1C[N]CC1F. The minimum atomic E-state index is -0.744. The number of alkyl halides is 1. The van der Waals surface area contributed by atoms with E-state index in [1.54, 1.807) is 0 Å². The van der Waals surface area contributed by atoms with Crippen LogP contribution >= 0.6 is 0 Å². The van der Waals surface area contributed by atoms with Gasteiger partial charge in [0.15, 0.2) is 0 Å². The first-order valence-electron chi connectivity index (χ1n) is 5.35. The summed E-state index contributed by atoms with van der Waals surface area (Å²) >= 11 is 0. The summed E-state index contributed by atoms with van der Waals surface area (Å²) in [6.07, 6.45) is 4.22. The highest BCUT2D eigenvalue weighted by molar-refractivity contribution is 4.86. The molecule has 3 heteroatoms. The lowest BCUT2D eigenvalue weighted by Crippen LogP contribution is -2.37. The summed E-state index contributed by atoms with van der Waals surface area (Å²) in [5.41, 5.74) is 0. The van der Waals surface area contributed by atoms with Crippen LogP contribution in [0.1, 0.15) is 32.6 Å². The molecule has 0 saturated carbocycles. The van der Waals surface area contributed by atoms with Crippen LogP contribution in [0.2, 0.25) is 0 Å². The predicted octanol–water partition coefficient (Wildman–Crippen LogP) is 1.48. The standard InChI is InChI=1S/C10H20FN2/c1-2-3-4-5-6-13-10-8-12-7-9(10)11/h9-10,13H,2-8H2,1H3. The first-order valence-corrected chi connectivity index (χ1v) is 5.35. The van der Waals surface area contributed by atoms with Crippen LogP contribution in [0.3, 0.4) is 0 Å². The van der Waals surface area contributed by atoms with E-state index in [0.29, 0.717) is 13.1 Å². The molecule has 2 atom stereocenters. The number of hydrogen-bond donors (Lipinski definition) is 1. The van der Waals surface area contributed by atoms with Crippen molar-refractivity contribution in [3.05, 3.63) is 0 Å². The van der Waals surface area contributed by atoms with Gasteiger partial charge in [0.25, 0.3) is 0 Å². The maximum atomic E-state index is 13.0. The first-order chi connectivity index (χ1) is 6.34. The van der Waals surface area contributed by atoms with Gasteiger partial charge in [0, 0.05) is 13.1 Å². The normalized spacial score (nSPS) is 28.2. The second-order valence-corrected chi connectivity index (χ2v) is 3.73. The molecule has 0 aliphatic carbocycles. The van der Waals surface area contributed by atoms with E-state index >= 15 is 0 Å². The van der Waals surface area contributed by atoms with Crippen molar-refractivity contribution in [3.8, 4) is 0 Å². The van der Waals surface area contributed by atoms with Crippen LogP contribution in [-0.4, -0.2) is 31.8 Å². The Kier molecular flexibility index (Phi) is 5.32. The fourth-order valence-corrected chi connectivity index (χ4v) is 1.61. The fraction of sp³-hybridized carbons (Fsp3) is 1.00. The summed E-state index contributed by atoms with van der Waals surface area (Å²) in [5, 5.41) is 7.24. The van der Waals surface area contributed by atoms with Gasteiger partial charge < -0.3 is 5.32 Å². The van der Waals surface area contributed by atoms with E-state index in [1.165, 1.54) is 19.3 Å². The van der Waals surface area contributed by atoms with Crippen LogP contribution in [-0.2, 0) is 0 Å². The van der Waals surface area contributed by atoms with Gasteiger partial charge in [0.1, 0.15) is 6.17 Å². The zero-order chi connectivity index (χ0) is 9.52. The summed E-state index contributed by atoms with van der Waals surface area (Å²) in [6.45, 7) is 4.20. The summed E-state index contributed by atoms with van der Waals surface area (Å²) < 4.78 is 13.0. The lowest BCUT2D eigenvalue weighted by Gasteiger charge is -2.12. The number of nitrogens with zero attached hydrogens (tertiary/aromatic N) is 1. The molecule has 2 unspecified atom stereocenters. The molecule has 77 valence electrons. The van der Waals surface area contributed by atoms with Crippen molar-refractivity contribution < 1.29 is 4.39 Å². The lowest BCUT2D eigenvalue weighted by atomic mass is 10.2.